The SMILES string of the molecule is CNC(=O)C1CCC(CN2C(=O)CC(SC)C2=O)CC1.CNC(=O)CCCC(=O)Oc1ccc2c3c1O[C@H]1[C@@H](O)C=C[C@H]4[C@@H](C2)N(C)CC[C@@]341. The highest BCUT2D eigenvalue weighted by Gasteiger charge is 2.64. The van der Waals surface area contributed by atoms with Gasteiger partial charge in [0.1, 0.15) is 12.2 Å². The van der Waals surface area contributed by atoms with Gasteiger partial charge in [0.15, 0.2) is 11.5 Å². The number of carbonyl (C=O) groups is 5. The van der Waals surface area contributed by atoms with Crippen LogP contribution in [0.25, 0.3) is 0 Å². The second kappa shape index (κ2) is 15.1. The van der Waals surface area contributed by atoms with Crippen LogP contribution in [-0.2, 0) is 35.8 Å². The minimum Gasteiger partial charge on any atom is -0.482 e. The molecule has 1 saturated carbocycles. The fourth-order valence-corrected chi connectivity index (χ4v) is 9.74. The smallest absolute Gasteiger partial charge is 0.311 e. The topological polar surface area (TPSA) is 155 Å². The van der Waals surface area contributed by atoms with Gasteiger partial charge < -0.3 is 30.1 Å². The molecule has 50 heavy (non-hydrogen) atoms. The lowest BCUT2D eigenvalue weighted by Gasteiger charge is -2.56. The third-order valence-corrected chi connectivity index (χ3v) is 12.8. The maximum absolute atomic E-state index is 12.4. The van der Waals surface area contributed by atoms with Gasteiger partial charge in [0.2, 0.25) is 23.6 Å². The Morgan fingerprint density at radius 3 is 2.50 bits per heavy atom. The number of thioether (sulfide) groups is 1. The molecule has 3 aliphatic carbocycles. The molecule has 0 aromatic heterocycles. The predicted octanol–water partition coefficient (Wildman–Crippen LogP) is 2.34. The molecule has 2 bridgehead atoms. The molecule has 272 valence electrons. The molecule has 4 amide bonds. The molecule has 1 unspecified atom stereocenters. The summed E-state index contributed by atoms with van der Waals surface area (Å²) in [4.78, 5) is 63.1. The van der Waals surface area contributed by atoms with Crippen LogP contribution in [0.3, 0.4) is 0 Å². The predicted molar refractivity (Wildman–Crippen MR) is 188 cm³/mol. The number of likely N-dealkylation sites (N-methyl/N-ethyl adjacent to an activating group) is 1. The van der Waals surface area contributed by atoms with E-state index in [1.807, 2.05) is 24.5 Å². The summed E-state index contributed by atoms with van der Waals surface area (Å²) in [7, 11) is 5.41. The monoisotopic (exact) mass is 710 g/mol. The average Bonchev–Trinajstić information content (AvgIpc) is 3.61. The van der Waals surface area contributed by atoms with Crippen molar-refractivity contribution in [3.63, 3.8) is 0 Å². The van der Waals surface area contributed by atoms with Crippen molar-refractivity contribution in [1.29, 1.82) is 0 Å². The highest BCUT2D eigenvalue weighted by atomic mass is 32.2. The Kier molecular flexibility index (Phi) is 10.9. The Morgan fingerprint density at radius 1 is 1.06 bits per heavy atom. The number of imide groups is 1. The summed E-state index contributed by atoms with van der Waals surface area (Å²) < 4.78 is 12.0. The molecule has 6 atom stereocenters. The van der Waals surface area contributed by atoms with Crippen molar-refractivity contribution in [2.75, 3.05) is 40.5 Å². The third-order valence-electron chi connectivity index (χ3n) is 11.8. The van der Waals surface area contributed by atoms with E-state index in [0.717, 1.165) is 50.6 Å². The Hall–Kier alpha value is -3.42. The molecule has 13 heteroatoms. The minimum absolute atomic E-state index is 0.0316. The largest absolute Gasteiger partial charge is 0.482 e. The molecule has 7 rings (SSSR count). The Bertz CT molecular complexity index is 1540. The molecule has 1 aromatic rings. The number of nitrogens with one attached hydrogen (secondary N) is 2. The number of carbonyl (C=O) groups excluding carboxylic acids is 5. The second-order valence-electron chi connectivity index (χ2n) is 14.5. The van der Waals surface area contributed by atoms with Gasteiger partial charge in [-0.3, -0.25) is 28.9 Å². The number of ether oxygens (including phenoxy) is 2. The lowest BCUT2D eigenvalue weighted by Crippen LogP contribution is -2.64. The summed E-state index contributed by atoms with van der Waals surface area (Å²) in [5, 5.41) is 15.8. The molecule has 3 aliphatic heterocycles. The normalized spacial score (nSPS) is 32.0. The second-order valence-corrected chi connectivity index (χ2v) is 15.6. The van der Waals surface area contributed by atoms with Crippen LogP contribution in [0.1, 0.15) is 68.9 Å². The summed E-state index contributed by atoms with van der Waals surface area (Å²) in [5.41, 5.74) is 2.08. The number of hydrogen-bond donors (Lipinski definition) is 3. The van der Waals surface area contributed by atoms with Gasteiger partial charge in [0.25, 0.3) is 0 Å². The summed E-state index contributed by atoms with van der Waals surface area (Å²) in [6.07, 6.45) is 11.5. The van der Waals surface area contributed by atoms with Crippen molar-refractivity contribution in [3.05, 3.63) is 35.4 Å². The van der Waals surface area contributed by atoms with Gasteiger partial charge in [-0.15, -0.1) is 0 Å². The molecule has 2 saturated heterocycles. The zero-order valence-electron chi connectivity index (χ0n) is 29.4. The van der Waals surface area contributed by atoms with E-state index in [2.05, 4.69) is 28.7 Å². The Balaban J connectivity index is 0.000000189. The van der Waals surface area contributed by atoms with E-state index in [-0.39, 0.29) is 64.6 Å². The van der Waals surface area contributed by atoms with Gasteiger partial charge in [0, 0.05) is 68.8 Å². The van der Waals surface area contributed by atoms with E-state index in [1.165, 1.54) is 22.2 Å². The summed E-state index contributed by atoms with van der Waals surface area (Å²) in [6, 6.07) is 4.24. The zero-order valence-corrected chi connectivity index (χ0v) is 30.3. The standard InChI is InChI=1S/C23H28N2O5.C14H22N2O3S/c1-24-18(27)4-3-5-19(28)29-17-9-6-13-12-15-14-7-8-16(26)22-23(14,10-11-25(15)2)20(13)21(17)30-22;1-15-13(18)10-5-3-9(4-6-10)8-16-12(17)7-11(20-2)14(16)19/h6-9,14-16,22,26H,3-5,10-12H2,1-2H3,(H,24,27);9-11H,3-8H2,1-2H3,(H,15,18)/t14-,15+,16-,22-,23-;/m0./s1. The van der Waals surface area contributed by atoms with Gasteiger partial charge in [-0.05, 0) is 82.3 Å². The highest BCUT2D eigenvalue weighted by molar-refractivity contribution is 8.00. The molecule has 12 nitrogen and oxygen atoms in total. The number of aliphatic hydroxyl groups is 1. The van der Waals surface area contributed by atoms with Gasteiger partial charge in [-0.2, -0.15) is 11.8 Å². The van der Waals surface area contributed by atoms with Gasteiger partial charge in [0.05, 0.1) is 5.25 Å². The number of benzene rings is 1. The van der Waals surface area contributed by atoms with Crippen LogP contribution in [0.2, 0.25) is 0 Å². The number of esters is 1. The van der Waals surface area contributed by atoms with Crippen molar-refractivity contribution in [2.24, 2.45) is 17.8 Å². The number of amides is 4. The van der Waals surface area contributed by atoms with E-state index >= 15 is 0 Å². The van der Waals surface area contributed by atoms with Crippen LogP contribution < -0.4 is 20.1 Å². The van der Waals surface area contributed by atoms with Gasteiger partial charge in [-0.25, -0.2) is 0 Å². The van der Waals surface area contributed by atoms with Crippen LogP contribution in [0.15, 0.2) is 24.3 Å². The summed E-state index contributed by atoms with van der Waals surface area (Å²) >= 11 is 1.45. The van der Waals surface area contributed by atoms with Crippen molar-refractivity contribution in [3.8, 4) is 11.5 Å². The Morgan fingerprint density at radius 2 is 1.82 bits per heavy atom. The number of rotatable bonds is 9. The fourth-order valence-electron chi connectivity index (χ4n) is 9.10. The zero-order chi connectivity index (χ0) is 35.7. The van der Waals surface area contributed by atoms with E-state index < -0.39 is 6.10 Å². The third kappa shape index (κ3) is 6.68. The van der Waals surface area contributed by atoms with Gasteiger partial charge in [-0.1, -0.05) is 18.2 Å². The quantitative estimate of drug-likeness (QED) is 0.151. The van der Waals surface area contributed by atoms with E-state index in [0.29, 0.717) is 49.3 Å². The minimum atomic E-state index is -0.681. The van der Waals surface area contributed by atoms with Crippen LogP contribution in [0.5, 0.6) is 11.5 Å². The Labute approximate surface area is 298 Å². The first-order valence-corrected chi connectivity index (χ1v) is 19.2. The van der Waals surface area contributed by atoms with E-state index in [9.17, 15) is 29.1 Å². The summed E-state index contributed by atoms with van der Waals surface area (Å²) in [6.45, 7) is 1.49. The number of nitrogens with zero attached hydrogens (tertiary/aromatic N) is 2. The number of likely N-dealkylation sites (tertiary alicyclic amines) is 2. The molecule has 0 radical (unpaired) electrons. The first-order chi connectivity index (χ1) is 24.0. The van der Waals surface area contributed by atoms with Crippen molar-refractivity contribution in [2.45, 2.75) is 93.1 Å². The molecule has 3 heterocycles. The molecule has 3 N–H and O–H groups in total. The van der Waals surface area contributed by atoms with Crippen LogP contribution in [0.4, 0.5) is 0 Å². The van der Waals surface area contributed by atoms with Crippen molar-refractivity contribution < 1.29 is 38.6 Å². The number of hydrogen-bond acceptors (Lipinski definition) is 10. The first kappa shape index (κ1) is 36.4. The molecule has 1 spiro atoms. The lowest BCUT2D eigenvalue weighted by molar-refractivity contribution is -0.140. The maximum Gasteiger partial charge on any atom is 0.311 e. The van der Waals surface area contributed by atoms with Crippen LogP contribution >= 0.6 is 11.8 Å². The molecule has 3 fully saturated rings. The van der Waals surface area contributed by atoms with E-state index in [1.54, 1.807) is 14.1 Å². The van der Waals surface area contributed by atoms with E-state index in [4.69, 9.17) is 9.47 Å². The average molecular weight is 711 g/mol. The van der Waals surface area contributed by atoms with Crippen molar-refractivity contribution >= 4 is 41.4 Å². The summed E-state index contributed by atoms with van der Waals surface area (Å²) in [5.74, 6) is 1.34. The van der Waals surface area contributed by atoms with Crippen LogP contribution in [-0.4, -0.2) is 108 Å². The van der Waals surface area contributed by atoms with Gasteiger partial charge >= 0.3 is 5.97 Å². The highest BCUT2D eigenvalue weighted by Crippen LogP contribution is 2.62. The molecule has 1 aromatic carbocycles. The fraction of sp³-hybridized carbons (Fsp3) is 0.649. The number of aliphatic hydroxyl groups excluding tert-OH is 1. The molecular formula is C37H50N4O8S. The molecule has 6 aliphatic rings. The maximum atomic E-state index is 12.4. The number of piperidine rings is 1. The van der Waals surface area contributed by atoms with Crippen molar-refractivity contribution in [1.82, 2.24) is 20.4 Å². The first-order valence-electron chi connectivity index (χ1n) is 17.9. The molecular weight excluding hydrogens is 660 g/mol. The van der Waals surface area contributed by atoms with Crippen LogP contribution in [0, 0.1) is 17.8 Å². The lowest BCUT2D eigenvalue weighted by atomic mass is 9.53.